The van der Waals surface area contributed by atoms with Crippen LogP contribution in [0.1, 0.15) is 28.8 Å². The minimum absolute atomic E-state index is 0.0517. The van der Waals surface area contributed by atoms with E-state index in [-0.39, 0.29) is 12.0 Å². The van der Waals surface area contributed by atoms with Crippen molar-refractivity contribution in [3.63, 3.8) is 0 Å². The van der Waals surface area contributed by atoms with Crippen LogP contribution < -0.4 is 10.2 Å². The quantitative estimate of drug-likeness (QED) is 0.481. The van der Waals surface area contributed by atoms with Crippen LogP contribution >= 0.6 is 0 Å². The number of hydrogen-bond donors (Lipinski definition) is 2. The Bertz CT molecular complexity index is 823. The van der Waals surface area contributed by atoms with Crippen molar-refractivity contribution in [2.45, 2.75) is 18.9 Å². The van der Waals surface area contributed by atoms with Crippen molar-refractivity contribution >= 4 is 17.9 Å². The molecule has 1 aromatic heterocycles. The zero-order valence-electron chi connectivity index (χ0n) is 14.7. The fourth-order valence-electron chi connectivity index (χ4n) is 3.00. The van der Waals surface area contributed by atoms with Crippen LogP contribution in [0.5, 0.6) is 5.75 Å². The summed E-state index contributed by atoms with van der Waals surface area (Å²) in [5.41, 5.74) is 2.84. The van der Waals surface area contributed by atoms with Gasteiger partial charge in [-0.05, 0) is 37.1 Å². The largest absolute Gasteiger partial charge is 0.488 e. The SMILES string of the molecule is O=C(C=Cc1ccccc1O[C@@H]1CCCN(C(=O)c2cccnc2)C1)NO. The van der Waals surface area contributed by atoms with E-state index in [9.17, 15) is 9.59 Å². The highest BCUT2D eigenvalue weighted by atomic mass is 16.5. The highest BCUT2D eigenvalue weighted by Gasteiger charge is 2.26. The second-order valence-corrected chi connectivity index (χ2v) is 6.22. The number of piperidine rings is 1. The van der Waals surface area contributed by atoms with Crippen LogP contribution in [0.15, 0.2) is 54.9 Å². The van der Waals surface area contributed by atoms with E-state index in [4.69, 9.17) is 9.94 Å². The van der Waals surface area contributed by atoms with Crippen molar-refractivity contribution in [3.05, 3.63) is 66.0 Å². The lowest BCUT2D eigenvalue weighted by Gasteiger charge is -2.33. The van der Waals surface area contributed by atoms with Crippen LogP contribution in [-0.2, 0) is 4.79 Å². The van der Waals surface area contributed by atoms with Crippen LogP contribution in [0, 0.1) is 0 Å². The number of para-hydroxylation sites is 1. The molecule has 2 N–H and O–H groups in total. The Morgan fingerprint density at radius 3 is 2.89 bits per heavy atom. The average molecular weight is 367 g/mol. The maximum Gasteiger partial charge on any atom is 0.267 e. The van der Waals surface area contributed by atoms with Gasteiger partial charge in [0.2, 0.25) is 0 Å². The van der Waals surface area contributed by atoms with Gasteiger partial charge in [-0.3, -0.25) is 19.8 Å². The molecule has 1 aliphatic heterocycles. The van der Waals surface area contributed by atoms with Crippen LogP contribution in [-0.4, -0.2) is 46.1 Å². The van der Waals surface area contributed by atoms with Gasteiger partial charge in [0.15, 0.2) is 0 Å². The van der Waals surface area contributed by atoms with Gasteiger partial charge >= 0.3 is 0 Å². The van der Waals surface area contributed by atoms with E-state index < -0.39 is 5.91 Å². The van der Waals surface area contributed by atoms with Gasteiger partial charge in [0.25, 0.3) is 11.8 Å². The van der Waals surface area contributed by atoms with Gasteiger partial charge in [0.1, 0.15) is 11.9 Å². The molecule has 0 radical (unpaired) electrons. The van der Waals surface area contributed by atoms with Crippen molar-refractivity contribution in [2.24, 2.45) is 0 Å². The molecule has 7 heteroatoms. The van der Waals surface area contributed by atoms with Gasteiger partial charge in [-0.25, -0.2) is 5.48 Å². The first kappa shape index (κ1) is 18.6. The summed E-state index contributed by atoms with van der Waals surface area (Å²) in [7, 11) is 0. The number of hydroxylamine groups is 1. The summed E-state index contributed by atoms with van der Waals surface area (Å²) < 4.78 is 6.11. The first-order valence-corrected chi connectivity index (χ1v) is 8.74. The highest BCUT2D eigenvalue weighted by molar-refractivity contribution is 5.94. The van der Waals surface area contributed by atoms with Gasteiger partial charge in [-0.1, -0.05) is 18.2 Å². The molecule has 0 unspecified atom stereocenters. The smallest absolute Gasteiger partial charge is 0.267 e. The Hall–Kier alpha value is -3.19. The van der Waals surface area contributed by atoms with Gasteiger partial charge in [-0.2, -0.15) is 0 Å². The number of carbonyl (C=O) groups excluding carboxylic acids is 2. The second kappa shape index (κ2) is 8.95. The molecule has 2 amide bonds. The van der Waals surface area contributed by atoms with Crippen LogP contribution in [0.2, 0.25) is 0 Å². The first-order valence-electron chi connectivity index (χ1n) is 8.74. The third kappa shape index (κ3) is 4.92. The van der Waals surface area contributed by atoms with E-state index in [1.807, 2.05) is 24.3 Å². The monoisotopic (exact) mass is 367 g/mol. The predicted octanol–water partition coefficient (Wildman–Crippen LogP) is 2.28. The Balaban J connectivity index is 1.69. The van der Waals surface area contributed by atoms with Gasteiger partial charge in [0.05, 0.1) is 12.1 Å². The molecule has 0 bridgehead atoms. The summed E-state index contributed by atoms with van der Waals surface area (Å²) in [6.07, 6.45) is 7.55. The molecule has 1 atom stereocenters. The van der Waals surface area contributed by atoms with E-state index in [0.717, 1.165) is 18.4 Å². The molecular weight excluding hydrogens is 346 g/mol. The molecule has 2 heterocycles. The third-order valence-electron chi connectivity index (χ3n) is 4.31. The minimum atomic E-state index is -0.615. The zero-order valence-corrected chi connectivity index (χ0v) is 14.7. The number of ether oxygens (including phenoxy) is 1. The standard InChI is InChI=1S/C20H21N3O4/c24-19(22-26)10-9-15-5-1-2-8-18(15)27-17-7-4-12-23(14-17)20(25)16-6-3-11-21-13-16/h1-3,5-6,8-11,13,17,26H,4,7,12,14H2,(H,22,24)/t17-/m1/s1. The van der Waals surface area contributed by atoms with E-state index in [0.29, 0.717) is 24.4 Å². The average Bonchev–Trinajstić information content (AvgIpc) is 2.73. The summed E-state index contributed by atoms with van der Waals surface area (Å²) in [6, 6.07) is 10.8. The van der Waals surface area contributed by atoms with Crippen molar-refractivity contribution < 1.29 is 19.5 Å². The first-order chi connectivity index (χ1) is 13.2. The Kier molecular flexibility index (Phi) is 6.17. The number of rotatable bonds is 5. The number of aromatic nitrogens is 1. The third-order valence-corrected chi connectivity index (χ3v) is 4.31. The molecule has 1 aromatic carbocycles. The van der Waals surface area contributed by atoms with Gasteiger partial charge in [0, 0.05) is 30.6 Å². The number of hydrogen-bond acceptors (Lipinski definition) is 5. The summed E-state index contributed by atoms with van der Waals surface area (Å²) in [5.74, 6) is -0.0416. The minimum Gasteiger partial charge on any atom is -0.488 e. The Morgan fingerprint density at radius 2 is 2.11 bits per heavy atom. The molecular formula is C20H21N3O4. The summed E-state index contributed by atoms with van der Waals surface area (Å²) in [5, 5.41) is 8.59. The molecule has 0 spiro atoms. The molecule has 140 valence electrons. The number of carbonyl (C=O) groups is 2. The van der Waals surface area contributed by atoms with Crippen LogP contribution in [0.3, 0.4) is 0 Å². The molecule has 27 heavy (non-hydrogen) atoms. The lowest BCUT2D eigenvalue weighted by Crippen LogP contribution is -2.44. The van der Waals surface area contributed by atoms with Crippen LogP contribution in [0.25, 0.3) is 6.08 Å². The number of nitrogens with zero attached hydrogens (tertiary/aromatic N) is 2. The molecule has 1 aliphatic rings. The van der Waals surface area contributed by atoms with Crippen molar-refractivity contribution in [1.29, 1.82) is 0 Å². The number of benzene rings is 1. The van der Waals surface area contributed by atoms with Crippen molar-refractivity contribution in [3.8, 4) is 5.75 Å². The normalized spacial score (nSPS) is 16.9. The zero-order chi connectivity index (χ0) is 19.1. The maximum absolute atomic E-state index is 12.6. The molecule has 0 saturated carbocycles. The lowest BCUT2D eigenvalue weighted by molar-refractivity contribution is -0.124. The van der Waals surface area contributed by atoms with Gasteiger partial charge in [-0.15, -0.1) is 0 Å². The van der Waals surface area contributed by atoms with E-state index in [1.54, 1.807) is 41.0 Å². The summed E-state index contributed by atoms with van der Waals surface area (Å²) in [6.45, 7) is 1.18. The lowest BCUT2D eigenvalue weighted by atomic mass is 10.1. The number of likely N-dealkylation sites (tertiary alicyclic amines) is 1. The van der Waals surface area contributed by atoms with Gasteiger partial charge < -0.3 is 9.64 Å². The molecule has 2 aromatic rings. The van der Waals surface area contributed by atoms with Crippen molar-refractivity contribution in [2.75, 3.05) is 13.1 Å². The Morgan fingerprint density at radius 1 is 1.26 bits per heavy atom. The van der Waals surface area contributed by atoms with E-state index in [1.165, 1.54) is 6.08 Å². The molecule has 7 nitrogen and oxygen atoms in total. The fraction of sp³-hybridized carbons (Fsp3) is 0.250. The topological polar surface area (TPSA) is 91.8 Å². The molecule has 3 rings (SSSR count). The van der Waals surface area contributed by atoms with Crippen LogP contribution in [0.4, 0.5) is 0 Å². The maximum atomic E-state index is 12.6. The highest BCUT2D eigenvalue weighted by Crippen LogP contribution is 2.24. The predicted molar refractivity (Wildman–Crippen MR) is 99.2 cm³/mol. The van der Waals surface area contributed by atoms with Crippen molar-refractivity contribution in [1.82, 2.24) is 15.4 Å². The Labute approximate surface area is 157 Å². The number of nitrogens with one attached hydrogen (secondary N) is 1. The molecule has 0 aliphatic carbocycles. The van der Waals surface area contributed by atoms with E-state index in [2.05, 4.69) is 4.98 Å². The molecule has 1 saturated heterocycles. The fourth-order valence-corrected chi connectivity index (χ4v) is 3.00. The number of amides is 2. The molecule has 1 fully saturated rings. The van der Waals surface area contributed by atoms with E-state index >= 15 is 0 Å². The summed E-state index contributed by atoms with van der Waals surface area (Å²) >= 11 is 0. The second-order valence-electron chi connectivity index (χ2n) is 6.22. The number of pyridine rings is 1. The summed E-state index contributed by atoms with van der Waals surface area (Å²) in [4.78, 5) is 29.6.